The Balaban J connectivity index is 1.63. The number of thiazole rings is 1. The van der Waals surface area contributed by atoms with E-state index < -0.39 is 12.4 Å². The molecule has 0 unspecified atom stereocenters. The first-order chi connectivity index (χ1) is 16.1. The number of rotatable bonds is 10. The Hall–Kier alpha value is -2.05. The molecule has 2 amide bonds. The second kappa shape index (κ2) is 11.6. The maximum absolute atomic E-state index is 12.9. The molecular weight excluding hydrogens is 489 g/mol. The van der Waals surface area contributed by atoms with E-state index in [0.29, 0.717) is 28.3 Å². The predicted molar refractivity (Wildman–Crippen MR) is 129 cm³/mol. The zero-order valence-electron chi connectivity index (χ0n) is 18.9. The Morgan fingerprint density at radius 2 is 2.03 bits per heavy atom. The van der Waals surface area contributed by atoms with Crippen LogP contribution in [0.1, 0.15) is 44.9 Å². The van der Waals surface area contributed by atoms with Crippen LogP contribution in [0, 0.1) is 5.41 Å². The van der Waals surface area contributed by atoms with Crippen molar-refractivity contribution in [2.75, 3.05) is 23.9 Å². The third-order valence-corrected chi connectivity index (χ3v) is 7.47. The average molecular weight is 519 g/mol. The molecule has 188 valence electrons. The fourth-order valence-corrected chi connectivity index (χ4v) is 5.56. The summed E-state index contributed by atoms with van der Waals surface area (Å²) in [6, 6.07) is 3.27. The van der Waals surface area contributed by atoms with Gasteiger partial charge in [0.05, 0.1) is 16.3 Å². The number of nitrogens with two attached hydrogens (primary N) is 1. The minimum absolute atomic E-state index is 0.206. The molecule has 0 bridgehead atoms. The number of ether oxygens (including phenoxy) is 1. The summed E-state index contributed by atoms with van der Waals surface area (Å²) in [6.45, 7) is 0.379. The molecule has 1 aliphatic carbocycles. The van der Waals surface area contributed by atoms with Crippen LogP contribution in [0.3, 0.4) is 0 Å². The van der Waals surface area contributed by atoms with E-state index in [2.05, 4.69) is 20.4 Å². The van der Waals surface area contributed by atoms with E-state index in [1.807, 2.05) is 6.26 Å². The highest BCUT2D eigenvalue weighted by Crippen LogP contribution is 2.39. The minimum atomic E-state index is -4.78. The van der Waals surface area contributed by atoms with Gasteiger partial charge in [-0.25, -0.2) is 4.98 Å². The van der Waals surface area contributed by atoms with Crippen molar-refractivity contribution in [2.24, 2.45) is 11.1 Å². The van der Waals surface area contributed by atoms with Crippen molar-refractivity contribution in [1.82, 2.24) is 10.3 Å². The maximum atomic E-state index is 12.9. The molecule has 1 aromatic heterocycles. The molecular formula is C22H29F3N4O3S2. The summed E-state index contributed by atoms with van der Waals surface area (Å²) in [5.41, 5.74) is 6.07. The third kappa shape index (κ3) is 7.74. The van der Waals surface area contributed by atoms with E-state index in [-0.39, 0.29) is 29.4 Å². The van der Waals surface area contributed by atoms with Gasteiger partial charge in [0.15, 0.2) is 5.13 Å². The van der Waals surface area contributed by atoms with Gasteiger partial charge in [0.25, 0.3) is 0 Å². The summed E-state index contributed by atoms with van der Waals surface area (Å²) in [5.74, 6) is 0.0129. The molecule has 0 aliphatic heterocycles. The van der Waals surface area contributed by atoms with Gasteiger partial charge in [-0.2, -0.15) is 11.8 Å². The number of fused-ring (bicyclic) bond motifs is 1. The summed E-state index contributed by atoms with van der Waals surface area (Å²) in [4.78, 5) is 29.6. The summed E-state index contributed by atoms with van der Waals surface area (Å²) >= 11 is 2.71. The Bertz CT molecular complexity index is 993. The number of nitrogens with one attached hydrogen (secondary N) is 2. The number of hydrogen-bond donors (Lipinski definition) is 3. The summed E-state index contributed by atoms with van der Waals surface area (Å²) < 4.78 is 41.8. The fourth-order valence-electron chi connectivity index (χ4n) is 4.16. The van der Waals surface area contributed by atoms with Crippen molar-refractivity contribution < 1.29 is 27.5 Å². The number of benzene rings is 1. The largest absolute Gasteiger partial charge is 0.573 e. The number of aromatic nitrogens is 1. The van der Waals surface area contributed by atoms with Crippen LogP contribution in [0.25, 0.3) is 10.2 Å². The minimum Gasteiger partial charge on any atom is -0.406 e. The van der Waals surface area contributed by atoms with E-state index in [1.165, 1.54) is 18.2 Å². The molecule has 0 radical (unpaired) electrons. The lowest BCUT2D eigenvalue weighted by Gasteiger charge is -2.37. The molecule has 12 heteroatoms. The van der Waals surface area contributed by atoms with E-state index in [4.69, 9.17) is 5.73 Å². The van der Waals surface area contributed by atoms with Gasteiger partial charge in [-0.3, -0.25) is 9.59 Å². The van der Waals surface area contributed by atoms with Crippen molar-refractivity contribution in [3.05, 3.63) is 18.2 Å². The predicted octanol–water partition coefficient (Wildman–Crippen LogP) is 4.67. The lowest BCUT2D eigenvalue weighted by atomic mass is 9.71. The Morgan fingerprint density at radius 1 is 1.29 bits per heavy atom. The monoisotopic (exact) mass is 518 g/mol. The van der Waals surface area contributed by atoms with Crippen LogP contribution >= 0.6 is 23.1 Å². The maximum Gasteiger partial charge on any atom is 0.573 e. The first-order valence-electron chi connectivity index (χ1n) is 11.1. The van der Waals surface area contributed by atoms with Gasteiger partial charge < -0.3 is 21.1 Å². The molecule has 0 saturated heterocycles. The van der Waals surface area contributed by atoms with Crippen LogP contribution in [0.4, 0.5) is 18.3 Å². The molecule has 1 atom stereocenters. The number of amides is 2. The van der Waals surface area contributed by atoms with Gasteiger partial charge in [0.1, 0.15) is 5.75 Å². The van der Waals surface area contributed by atoms with E-state index in [1.54, 1.807) is 11.8 Å². The molecule has 1 heterocycles. The number of thioether (sulfide) groups is 1. The Kier molecular flexibility index (Phi) is 9.05. The quantitative estimate of drug-likeness (QED) is 0.422. The third-order valence-electron chi connectivity index (χ3n) is 5.90. The molecule has 1 aromatic carbocycles. The number of alkyl halides is 3. The van der Waals surface area contributed by atoms with Crippen molar-refractivity contribution in [2.45, 2.75) is 57.3 Å². The molecule has 7 nitrogen and oxygen atoms in total. The van der Waals surface area contributed by atoms with E-state index in [9.17, 15) is 22.8 Å². The van der Waals surface area contributed by atoms with Crippen LogP contribution < -0.4 is 21.1 Å². The van der Waals surface area contributed by atoms with Crippen LogP contribution in [0.2, 0.25) is 0 Å². The summed E-state index contributed by atoms with van der Waals surface area (Å²) in [7, 11) is 0. The van der Waals surface area contributed by atoms with Crippen molar-refractivity contribution >= 4 is 50.3 Å². The highest BCUT2D eigenvalue weighted by Gasteiger charge is 2.35. The fraction of sp³-hybridized carbons (Fsp3) is 0.591. The van der Waals surface area contributed by atoms with Crippen LogP contribution in [-0.4, -0.2) is 47.8 Å². The Labute approximate surface area is 204 Å². The first-order valence-corrected chi connectivity index (χ1v) is 13.3. The van der Waals surface area contributed by atoms with E-state index in [0.717, 1.165) is 49.2 Å². The van der Waals surface area contributed by atoms with Crippen molar-refractivity contribution in [1.29, 1.82) is 0 Å². The normalized spacial score (nSPS) is 16.7. The molecule has 3 rings (SSSR count). The number of carbonyl (C=O) groups excluding carboxylic acids is 2. The number of halogens is 3. The summed E-state index contributed by atoms with van der Waals surface area (Å²) in [6.07, 6.45) is 2.66. The number of anilines is 1. The molecule has 1 saturated carbocycles. The van der Waals surface area contributed by atoms with Crippen molar-refractivity contribution in [3.8, 4) is 5.75 Å². The number of carbonyl (C=O) groups is 2. The number of hydrogen-bond acceptors (Lipinski definition) is 7. The van der Waals surface area contributed by atoms with Crippen LogP contribution in [-0.2, 0) is 9.59 Å². The highest BCUT2D eigenvalue weighted by molar-refractivity contribution is 7.98. The zero-order chi connectivity index (χ0) is 24.8. The Morgan fingerprint density at radius 3 is 2.71 bits per heavy atom. The SMILES string of the molecule is CSCC[C@H](N)C(=O)NCC1(CC(=O)Nc2nc3ccc(OC(F)(F)F)cc3s2)CCCCC1. The van der Waals surface area contributed by atoms with Gasteiger partial charge in [-0.05, 0) is 48.8 Å². The molecule has 2 aromatic rings. The highest BCUT2D eigenvalue weighted by atomic mass is 32.2. The second-order valence-corrected chi connectivity index (χ2v) is 10.6. The second-order valence-electron chi connectivity index (χ2n) is 8.59. The molecule has 34 heavy (non-hydrogen) atoms. The van der Waals surface area contributed by atoms with Gasteiger partial charge in [-0.15, -0.1) is 13.2 Å². The molecule has 1 fully saturated rings. The standard InChI is InChI=1S/C22H29F3N4O3S2/c1-33-10-7-15(26)19(31)27-13-21(8-3-2-4-9-21)12-18(30)29-20-28-16-6-5-14(11-17(16)34-20)32-22(23,24)25/h5-6,11,15H,2-4,7-10,12-13,26H2,1H3,(H,27,31)(H,28,29,30)/t15-/m0/s1. The van der Waals surface area contributed by atoms with E-state index >= 15 is 0 Å². The summed E-state index contributed by atoms with van der Waals surface area (Å²) in [5, 5.41) is 6.02. The van der Waals surface area contributed by atoms with Gasteiger partial charge in [0.2, 0.25) is 11.8 Å². The van der Waals surface area contributed by atoms with Crippen LogP contribution in [0.15, 0.2) is 18.2 Å². The molecule has 4 N–H and O–H groups in total. The first kappa shape index (κ1) is 26.6. The smallest absolute Gasteiger partial charge is 0.406 e. The zero-order valence-corrected chi connectivity index (χ0v) is 20.5. The van der Waals surface area contributed by atoms with Crippen LogP contribution in [0.5, 0.6) is 5.75 Å². The van der Waals surface area contributed by atoms with Gasteiger partial charge in [0, 0.05) is 19.0 Å². The average Bonchev–Trinajstić information content (AvgIpc) is 3.16. The van der Waals surface area contributed by atoms with Gasteiger partial charge in [-0.1, -0.05) is 30.6 Å². The lowest BCUT2D eigenvalue weighted by molar-refractivity contribution is -0.274. The topological polar surface area (TPSA) is 106 Å². The number of nitrogens with zero attached hydrogens (tertiary/aromatic N) is 1. The van der Waals surface area contributed by atoms with Gasteiger partial charge >= 0.3 is 6.36 Å². The molecule has 0 spiro atoms. The molecule has 1 aliphatic rings. The lowest BCUT2D eigenvalue weighted by Crippen LogP contribution is -2.47. The van der Waals surface area contributed by atoms with Crippen molar-refractivity contribution in [3.63, 3.8) is 0 Å².